The number of amides is 2. The zero-order chi connectivity index (χ0) is 14.7. The first-order valence-corrected chi connectivity index (χ1v) is 7.65. The Balaban J connectivity index is 1.93. The number of rotatable bonds is 6. The highest BCUT2D eigenvalue weighted by Gasteiger charge is 2.30. The van der Waals surface area contributed by atoms with Gasteiger partial charge in [0.1, 0.15) is 0 Å². The van der Waals surface area contributed by atoms with Crippen molar-refractivity contribution in [2.75, 3.05) is 11.9 Å². The summed E-state index contributed by atoms with van der Waals surface area (Å²) < 4.78 is 0. The fraction of sp³-hybridized carbons (Fsp3) is 0.571. The molecular weight excluding hydrogens is 276 g/mol. The van der Waals surface area contributed by atoms with Crippen LogP contribution >= 0.6 is 11.3 Å². The van der Waals surface area contributed by atoms with Gasteiger partial charge in [0.25, 0.3) is 5.91 Å². The number of aliphatic hydroxyl groups excluding tert-OH is 1. The van der Waals surface area contributed by atoms with Gasteiger partial charge >= 0.3 is 0 Å². The van der Waals surface area contributed by atoms with Crippen molar-refractivity contribution < 1.29 is 14.7 Å². The standard InChI is InChI=1S/C14H20N2O3S/c1-8(2)10(7-17)15-14(19)11-5-6-12(20-11)16-13(18)9-3-4-9/h5-6,8-10,17H,3-4,7H2,1-2H3,(H,15,19)(H,16,18)/t10-/m1/s1. The van der Waals surface area contributed by atoms with E-state index in [1.807, 2.05) is 13.8 Å². The second-order valence-electron chi connectivity index (χ2n) is 5.43. The molecule has 2 rings (SSSR count). The SMILES string of the molecule is CC(C)[C@@H](CO)NC(=O)c1ccc(NC(=O)C2CC2)s1. The molecule has 0 spiro atoms. The summed E-state index contributed by atoms with van der Waals surface area (Å²) >= 11 is 1.25. The highest BCUT2D eigenvalue weighted by molar-refractivity contribution is 7.18. The van der Waals surface area contributed by atoms with Gasteiger partial charge in [-0.05, 0) is 30.9 Å². The van der Waals surface area contributed by atoms with Gasteiger partial charge in [0, 0.05) is 5.92 Å². The summed E-state index contributed by atoms with van der Waals surface area (Å²) in [5.41, 5.74) is 0. The van der Waals surface area contributed by atoms with Gasteiger partial charge < -0.3 is 15.7 Å². The minimum Gasteiger partial charge on any atom is -0.394 e. The van der Waals surface area contributed by atoms with Crippen LogP contribution in [-0.2, 0) is 4.79 Å². The van der Waals surface area contributed by atoms with Crippen LogP contribution in [0.15, 0.2) is 12.1 Å². The quantitative estimate of drug-likeness (QED) is 0.749. The number of hydrogen-bond acceptors (Lipinski definition) is 4. The maximum Gasteiger partial charge on any atom is 0.261 e. The first-order chi connectivity index (χ1) is 9.51. The van der Waals surface area contributed by atoms with E-state index in [1.165, 1.54) is 11.3 Å². The Kier molecular flexibility index (Phi) is 4.77. The van der Waals surface area contributed by atoms with E-state index in [2.05, 4.69) is 10.6 Å². The topological polar surface area (TPSA) is 78.4 Å². The average molecular weight is 296 g/mol. The van der Waals surface area contributed by atoms with E-state index in [1.54, 1.807) is 12.1 Å². The Morgan fingerprint density at radius 3 is 2.65 bits per heavy atom. The van der Waals surface area contributed by atoms with Crippen molar-refractivity contribution in [3.63, 3.8) is 0 Å². The Hall–Kier alpha value is -1.40. The zero-order valence-electron chi connectivity index (χ0n) is 11.7. The minimum atomic E-state index is -0.255. The molecule has 5 nitrogen and oxygen atoms in total. The van der Waals surface area contributed by atoms with Gasteiger partial charge in [-0.1, -0.05) is 13.8 Å². The Bertz CT molecular complexity index is 494. The number of anilines is 1. The Labute approximate surface area is 122 Å². The monoisotopic (exact) mass is 296 g/mol. The summed E-state index contributed by atoms with van der Waals surface area (Å²) in [6.07, 6.45) is 1.91. The molecule has 20 heavy (non-hydrogen) atoms. The van der Waals surface area contributed by atoms with Crippen molar-refractivity contribution in [3.05, 3.63) is 17.0 Å². The highest BCUT2D eigenvalue weighted by atomic mass is 32.1. The second kappa shape index (κ2) is 6.37. The summed E-state index contributed by atoms with van der Waals surface area (Å²) in [5, 5.41) is 15.5. The molecule has 0 saturated heterocycles. The van der Waals surface area contributed by atoms with E-state index < -0.39 is 0 Å². The van der Waals surface area contributed by atoms with Crippen LogP contribution < -0.4 is 10.6 Å². The van der Waals surface area contributed by atoms with Gasteiger partial charge in [0.15, 0.2) is 0 Å². The van der Waals surface area contributed by atoms with Gasteiger partial charge in [-0.15, -0.1) is 11.3 Å². The number of carbonyl (C=O) groups excluding carboxylic acids is 2. The van der Waals surface area contributed by atoms with Gasteiger partial charge in [0.05, 0.1) is 22.5 Å². The normalized spacial score (nSPS) is 16.0. The van der Waals surface area contributed by atoms with Crippen molar-refractivity contribution in [1.82, 2.24) is 5.32 Å². The first kappa shape index (κ1) is 15.0. The molecule has 3 N–H and O–H groups in total. The van der Waals surface area contributed by atoms with Gasteiger partial charge in [0.2, 0.25) is 5.91 Å². The Morgan fingerprint density at radius 2 is 2.10 bits per heavy atom. The van der Waals surface area contributed by atoms with E-state index in [0.717, 1.165) is 12.8 Å². The molecule has 2 amide bonds. The van der Waals surface area contributed by atoms with Crippen LogP contribution in [0.4, 0.5) is 5.00 Å². The maximum atomic E-state index is 12.0. The number of hydrogen-bond donors (Lipinski definition) is 3. The fourth-order valence-corrected chi connectivity index (χ4v) is 2.57. The molecule has 1 aromatic heterocycles. The number of aliphatic hydroxyl groups is 1. The zero-order valence-corrected chi connectivity index (χ0v) is 12.5. The highest BCUT2D eigenvalue weighted by Crippen LogP contribution is 2.31. The summed E-state index contributed by atoms with van der Waals surface area (Å²) in [6.45, 7) is 3.80. The number of nitrogens with one attached hydrogen (secondary N) is 2. The molecule has 1 aromatic rings. The largest absolute Gasteiger partial charge is 0.394 e. The molecule has 0 bridgehead atoms. The van der Waals surface area contributed by atoms with E-state index in [9.17, 15) is 14.7 Å². The van der Waals surface area contributed by atoms with E-state index in [-0.39, 0.29) is 36.3 Å². The van der Waals surface area contributed by atoms with Gasteiger partial charge in [-0.3, -0.25) is 9.59 Å². The lowest BCUT2D eigenvalue weighted by atomic mass is 10.1. The Morgan fingerprint density at radius 1 is 1.40 bits per heavy atom. The van der Waals surface area contributed by atoms with E-state index in [0.29, 0.717) is 9.88 Å². The van der Waals surface area contributed by atoms with Crippen LogP contribution in [0.25, 0.3) is 0 Å². The van der Waals surface area contributed by atoms with Crippen molar-refractivity contribution in [1.29, 1.82) is 0 Å². The molecule has 1 atom stereocenters. The molecule has 1 fully saturated rings. The first-order valence-electron chi connectivity index (χ1n) is 6.83. The molecule has 0 radical (unpaired) electrons. The third kappa shape index (κ3) is 3.80. The van der Waals surface area contributed by atoms with Crippen LogP contribution in [0.2, 0.25) is 0 Å². The van der Waals surface area contributed by atoms with Crippen LogP contribution in [0.5, 0.6) is 0 Å². The summed E-state index contributed by atoms with van der Waals surface area (Å²) in [4.78, 5) is 24.2. The predicted octanol–water partition coefficient (Wildman–Crippen LogP) is 1.84. The third-order valence-corrected chi connectivity index (χ3v) is 4.34. The van der Waals surface area contributed by atoms with E-state index in [4.69, 9.17) is 0 Å². The third-order valence-electron chi connectivity index (χ3n) is 3.34. The summed E-state index contributed by atoms with van der Waals surface area (Å²) in [5.74, 6) is 0.135. The van der Waals surface area contributed by atoms with Crippen molar-refractivity contribution >= 4 is 28.2 Å². The van der Waals surface area contributed by atoms with Crippen molar-refractivity contribution in [2.45, 2.75) is 32.7 Å². The summed E-state index contributed by atoms with van der Waals surface area (Å²) in [7, 11) is 0. The molecule has 0 aromatic carbocycles. The van der Waals surface area contributed by atoms with Gasteiger partial charge in [-0.2, -0.15) is 0 Å². The van der Waals surface area contributed by atoms with Crippen molar-refractivity contribution in [3.8, 4) is 0 Å². The average Bonchev–Trinajstić information content (AvgIpc) is 3.16. The number of carbonyl (C=O) groups is 2. The predicted molar refractivity (Wildman–Crippen MR) is 78.9 cm³/mol. The van der Waals surface area contributed by atoms with Crippen LogP contribution in [0.1, 0.15) is 36.4 Å². The molecule has 6 heteroatoms. The fourth-order valence-electron chi connectivity index (χ4n) is 1.76. The molecular formula is C14H20N2O3S. The smallest absolute Gasteiger partial charge is 0.261 e. The molecule has 0 aliphatic heterocycles. The van der Waals surface area contributed by atoms with Crippen molar-refractivity contribution in [2.24, 2.45) is 11.8 Å². The summed E-state index contributed by atoms with van der Waals surface area (Å²) in [6, 6.07) is 3.18. The van der Waals surface area contributed by atoms with Gasteiger partial charge in [-0.25, -0.2) is 0 Å². The number of thiophene rings is 1. The molecule has 0 unspecified atom stereocenters. The minimum absolute atomic E-state index is 0.0363. The molecule has 1 aliphatic rings. The van der Waals surface area contributed by atoms with Crippen LogP contribution in [-0.4, -0.2) is 29.6 Å². The lowest BCUT2D eigenvalue weighted by Crippen LogP contribution is -2.40. The van der Waals surface area contributed by atoms with Crippen LogP contribution in [0, 0.1) is 11.8 Å². The molecule has 110 valence electrons. The lowest BCUT2D eigenvalue weighted by Gasteiger charge is -2.19. The second-order valence-corrected chi connectivity index (χ2v) is 6.52. The lowest BCUT2D eigenvalue weighted by molar-refractivity contribution is -0.117. The molecule has 1 aliphatic carbocycles. The van der Waals surface area contributed by atoms with Crippen LogP contribution in [0.3, 0.4) is 0 Å². The molecule has 1 saturated carbocycles. The van der Waals surface area contributed by atoms with E-state index >= 15 is 0 Å². The molecule has 1 heterocycles. The maximum absolute atomic E-state index is 12.0.